The van der Waals surface area contributed by atoms with Crippen LogP contribution in [0.3, 0.4) is 0 Å². The summed E-state index contributed by atoms with van der Waals surface area (Å²) < 4.78 is 0. The van der Waals surface area contributed by atoms with E-state index in [4.69, 9.17) is 5.26 Å². The Labute approximate surface area is 110 Å². The molecule has 0 aliphatic carbocycles. The van der Waals surface area contributed by atoms with Crippen LogP contribution in [-0.4, -0.2) is 18.7 Å². The summed E-state index contributed by atoms with van der Waals surface area (Å²) in [6.45, 7) is 0. The summed E-state index contributed by atoms with van der Waals surface area (Å²) in [4.78, 5) is 23.6. The van der Waals surface area contributed by atoms with E-state index in [2.05, 4.69) is 5.32 Å². The highest BCUT2D eigenvalue weighted by atomic mass is 16.2. The largest absolute Gasteiger partial charge is 0.358 e. The molecule has 2 rings (SSSR count). The van der Waals surface area contributed by atoms with Gasteiger partial charge in [0.05, 0.1) is 6.07 Å². The number of rotatable bonds is 3. The summed E-state index contributed by atoms with van der Waals surface area (Å²) in [7, 11) is 1.40. The number of carbonyl (C=O) groups excluding carboxylic acids is 2. The number of nitrogens with zero attached hydrogens (tertiary/aromatic N) is 1. The van der Waals surface area contributed by atoms with Crippen LogP contribution in [0.25, 0.3) is 10.8 Å². The number of amides is 1. The van der Waals surface area contributed by atoms with Crippen molar-refractivity contribution in [3.8, 4) is 6.07 Å². The van der Waals surface area contributed by atoms with Gasteiger partial charge in [-0.1, -0.05) is 36.4 Å². The average Bonchev–Trinajstić information content (AvgIpc) is 2.47. The molecule has 0 saturated carbocycles. The zero-order valence-corrected chi connectivity index (χ0v) is 10.4. The first-order chi connectivity index (χ1) is 9.17. The molecule has 0 radical (unpaired) electrons. The summed E-state index contributed by atoms with van der Waals surface area (Å²) in [6.07, 6.45) is 0. The van der Waals surface area contributed by atoms with Crippen molar-refractivity contribution in [3.05, 3.63) is 48.0 Å². The molecular formula is C15H12N2O2. The number of benzene rings is 2. The Morgan fingerprint density at radius 2 is 1.84 bits per heavy atom. The molecule has 4 nitrogen and oxygen atoms in total. The van der Waals surface area contributed by atoms with E-state index in [0.717, 1.165) is 10.8 Å². The maximum absolute atomic E-state index is 12.1. The standard InChI is InChI=1S/C15H12N2O2/c1-17-15(19)13(9-16)14(18)12-7-6-10-4-2-3-5-11(10)8-12/h2-8,13H,1H3,(H,17,19)/t13-/m0/s1. The van der Waals surface area contributed by atoms with Crippen LogP contribution in [0.5, 0.6) is 0 Å². The van der Waals surface area contributed by atoms with Gasteiger partial charge in [-0.25, -0.2) is 0 Å². The van der Waals surface area contributed by atoms with E-state index < -0.39 is 17.6 Å². The van der Waals surface area contributed by atoms with Gasteiger partial charge in [0.15, 0.2) is 11.7 Å². The van der Waals surface area contributed by atoms with Gasteiger partial charge in [0.2, 0.25) is 5.91 Å². The van der Waals surface area contributed by atoms with Gasteiger partial charge in [-0.15, -0.1) is 0 Å². The maximum atomic E-state index is 12.1. The second-order valence-corrected chi connectivity index (χ2v) is 4.10. The van der Waals surface area contributed by atoms with E-state index in [9.17, 15) is 9.59 Å². The Bertz CT molecular complexity index is 686. The van der Waals surface area contributed by atoms with Gasteiger partial charge in [0, 0.05) is 12.6 Å². The molecule has 94 valence electrons. The summed E-state index contributed by atoms with van der Waals surface area (Å²) in [5.41, 5.74) is 0.369. The number of fused-ring (bicyclic) bond motifs is 1. The molecule has 1 amide bonds. The number of nitriles is 1. The highest BCUT2D eigenvalue weighted by Crippen LogP contribution is 2.18. The molecule has 0 spiro atoms. The molecule has 0 heterocycles. The Morgan fingerprint density at radius 3 is 2.47 bits per heavy atom. The fraction of sp³-hybridized carbons (Fsp3) is 0.133. The lowest BCUT2D eigenvalue weighted by molar-refractivity contribution is -0.121. The molecule has 1 N–H and O–H groups in total. The second-order valence-electron chi connectivity index (χ2n) is 4.10. The highest BCUT2D eigenvalue weighted by molar-refractivity contribution is 6.13. The van der Waals surface area contributed by atoms with Crippen LogP contribution in [0.2, 0.25) is 0 Å². The molecule has 0 bridgehead atoms. The van der Waals surface area contributed by atoms with Crippen LogP contribution in [0, 0.1) is 17.2 Å². The third-order valence-corrected chi connectivity index (χ3v) is 2.93. The molecule has 1 atom stereocenters. The van der Waals surface area contributed by atoms with Crippen molar-refractivity contribution in [2.75, 3.05) is 7.05 Å². The molecule has 4 heteroatoms. The van der Waals surface area contributed by atoms with Crippen molar-refractivity contribution < 1.29 is 9.59 Å². The smallest absolute Gasteiger partial charge is 0.245 e. The van der Waals surface area contributed by atoms with Crippen molar-refractivity contribution in [2.24, 2.45) is 5.92 Å². The number of nitrogens with one attached hydrogen (secondary N) is 1. The predicted octanol–water partition coefficient (Wildman–Crippen LogP) is 1.91. The van der Waals surface area contributed by atoms with E-state index in [1.165, 1.54) is 7.05 Å². The minimum atomic E-state index is -1.30. The SMILES string of the molecule is CNC(=O)[C@@H](C#N)C(=O)c1ccc2ccccc2c1. The lowest BCUT2D eigenvalue weighted by Gasteiger charge is -2.07. The maximum Gasteiger partial charge on any atom is 0.245 e. The number of ketones is 1. The quantitative estimate of drug-likeness (QED) is 0.670. The molecule has 2 aromatic rings. The van der Waals surface area contributed by atoms with Crippen LogP contribution in [-0.2, 0) is 4.79 Å². The zero-order valence-electron chi connectivity index (χ0n) is 10.4. The molecule has 0 aromatic heterocycles. The lowest BCUT2D eigenvalue weighted by Crippen LogP contribution is -2.32. The fourth-order valence-corrected chi connectivity index (χ4v) is 1.89. The molecule has 0 aliphatic rings. The van der Waals surface area contributed by atoms with Crippen LogP contribution in [0.15, 0.2) is 42.5 Å². The second kappa shape index (κ2) is 5.32. The van der Waals surface area contributed by atoms with Crippen molar-refractivity contribution in [2.45, 2.75) is 0 Å². The number of hydrogen-bond acceptors (Lipinski definition) is 3. The number of carbonyl (C=O) groups is 2. The van der Waals surface area contributed by atoms with E-state index in [0.29, 0.717) is 5.56 Å². The van der Waals surface area contributed by atoms with E-state index in [1.807, 2.05) is 24.3 Å². The Balaban J connectivity index is 2.41. The first-order valence-corrected chi connectivity index (χ1v) is 5.81. The molecule has 19 heavy (non-hydrogen) atoms. The molecule has 0 unspecified atom stereocenters. The van der Waals surface area contributed by atoms with Gasteiger partial charge in [0.25, 0.3) is 0 Å². The van der Waals surface area contributed by atoms with Crippen LogP contribution in [0.4, 0.5) is 0 Å². The molecule has 0 fully saturated rings. The van der Waals surface area contributed by atoms with Gasteiger partial charge in [-0.2, -0.15) is 5.26 Å². The third-order valence-electron chi connectivity index (χ3n) is 2.93. The van der Waals surface area contributed by atoms with E-state index in [-0.39, 0.29) is 0 Å². The van der Waals surface area contributed by atoms with Gasteiger partial charge >= 0.3 is 0 Å². The van der Waals surface area contributed by atoms with E-state index in [1.54, 1.807) is 24.3 Å². The topological polar surface area (TPSA) is 70.0 Å². The Hall–Kier alpha value is -2.67. The average molecular weight is 252 g/mol. The summed E-state index contributed by atoms with van der Waals surface area (Å²) in [6, 6.07) is 14.5. The molecule has 0 saturated heterocycles. The van der Waals surface area contributed by atoms with Gasteiger partial charge in [-0.05, 0) is 16.8 Å². The Morgan fingerprint density at radius 1 is 1.16 bits per heavy atom. The predicted molar refractivity (Wildman–Crippen MR) is 71.4 cm³/mol. The van der Waals surface area contributed by atoms with Crippen LogP contribution >= 0.6 is 0 Å². The summed E-state index contributed by atoms with van der Waals surface area (Å²) in [5, 5.41) is 13.2. The lowest BCUT2D eigenvalue weighted by atomic mass is 9.96. The Kier molecular flexibility index (Phi) is 3.58. The zero-order chi connectivity index (χ0) is 13.8. The fourth-order valence-electron chi connectivity index (χ4n) is 1.89. The summed E-state index contributed by atoms with van der Waals surface area (Å²) >= 11 is 0. The third kappa shape index (κ3) is 2.45. The minimum absolute atomic E-state index is 0.369. The van der Waals surface area contributed by atoms with Crippen molar-refractivity contribution in [1.82, 2.24) is 5.32 Å². The highest BCUT2D eigenvalue weighted by Gasteiger charge is 2.26. The first-order valence-electron chi connectivity index (χ1n) is 5.81. The normalized spacial score (nSPS) is 11.6. The van der Waals surface area contributed by atoms with Crippen molar-refractivity contribution in [3.63, 3.8) is 0 Å². The minimum Gasteiger partial charge on any atom is -0.358 e. The summed E-state index contributed by atoms with van der Waals surface area (Å²) in [5.74, 6) is -2.36. The first kappa shape index (κ1) is 12.8. The van der Waals surface area contributed by atoms with Gasteiger partial charge < -0.3 is 5.32 Å². The van der Waals surface area contributed by atoms with Crippen molar-refractivity contribution >= 4 is 22.5 Å². The van der Waals surface area contributed by atoms with Crippen molar-refractivity contribution in [1.29, 1.82) is 5.26 Å². The molecule has 0 aliphatic heterocycles. The molecule has 2 aromatic carbocycles. The monoisotopic (exact) mass is 252 g/mol. The molecular weight excluding hydrogens is 240 g/mol. The van der Waals surface area contributed by atoms with Crippen LogP contribution < -0.4 is 5.32 Å². The van der Waals surface area contributed by atoms with E-state index >= 15 is 0 Å². The number of Topliss-reactive ketones (excluding diaryl/α,β-unsaturated/α-hetero) is 1. The van der Waals surface area contributed by atoms with Gasteiger partial charge in [0.1, 0.15) is 0 Å². The van der Waals surface area contributed by atoms with Crippen LogP contribution in [0.1, 0.15) is 10.4 Å². The van der Waals surface area contributed by atoms with Gasteiger partial charge in [-0.3, -0.25) is 9.59 Å². The number of hydrogen-bond donors (Lipinski definition) is 1.